The van der Waals surface area contributed by atoms with Crippen LogP contribution in [0.2, 0.25) is 0 Å². The van der Waals surface area contributed by atoms with Crippen molar-refractivity contribution in [2.45, 2.75) is 58.6 Å². The van der Waals surface area contributed by atoms with Crippen molar-refractivity contribution in [3.8, 4) is 0 Å². The number of amides is 2. The summed E-state index contributed by atoms with van der Waals surface area (Å²) in [4.78, 5) is 38.1. The van der Waals surface area contributed by atoms with E-state index in [2.05, 4.69) is 5.32 Å². The first kappa shape index (κ1) is 20.4. The maximum Gasteiger partial charge on any atom is 0.410 e. The molecule has 24 heavy (non-hydrogen) atoms. The van der Waals surface area contributed by atoms with E-state index >= 15 is 0 Å². The van der Waals surface area contributed by atoms with Gasteiger partial charge in [-0.3, -0.25) is 19.7 Å². The molecule has 8 heteroatoms. The van der Waals surface area contributed by atoms with Gasteiger partial charge in [-0.2, -0.15) is 0 Å². The Morgan fingerprint density at radius 2 is 2.04 bits per heavy atom. The van der Waals surface area contributed by atoms with Crippen LogP contribution in [0.1, 0.15) is 47.0 Å². The molecule has 0 aliphatic carbocycles. The summed E-state index contributed by atoms with van der Waals surface area (Å²) >= 11 is 0. The molecule has 1 rings (SSSR count). The van der Waals surface area contributed by atoms with Crippen LogP contribution < -0.4 is 10.8 Å². The second-order valence-corrected chi connectivity index (χ2v) is 7.02. The lowest BCUT2D eigenvalue weighted by Crippen LogP contribution is -2.59. The molecule has 1 fully saturated rings. The van der Waals surface area contributed by atoms with Crippen molar-refractivity contribution in [3.05, 3.63) is 0 Å². The van der Waals surface area contributed by atoms with Gasteiger partial charge in [-0.05, 0) is 27.2 Å². The van der Waals surface area contributed by atoms with Crippen molar-refractivity contribution in [2.24, 2.45) is 5.92 Å². The molecule has 1 heterocycles. The zero-order chi connectivity index (χ0) is 18.3. The van der Waals surface area contributed by atoms with Crippen molar-refractivity contribution in [3.63, 3.8) is 0 Å². The number of carbonyl (C=O) groups is 3. The molecule has 2 atom stereocenters. The number of piperazine rings is 1. The Labute approximate surface area is 142 Å². The second-order valence-electron chi connectivity index (χ2n) is 7.02. The minimum absolute atomic E-state index is 0.0954. The fourth-order valence-corrected chi connectivity index (χ4v) is 2.73. The van der Waals surface area contributed by atoms with Crippen LogP contribution >= 0.6 is 0 Å². The van der Waals surface area contributed by atoms with E-state index < -0.39 is 29.6 Å². The monoisotopic (exact) mass is 343 g/mol. The molecule has 0 unspecified atom stereocenters. The number of ketones is 1. The molecule has 0 aromatic rings. The summed E-state index contributed by atoms with van der Waals surface area (Å²) in [5.41, 5.74) is 0.921. The molecule has 8 nitrogen and oxygen atoms in total. The van der Waals surface area contributed by atoms with E-state index in [1.54, 1.807) is 26.3 Å². The molecule has 0 aromatic carbocycles. The standard InChI is InChI=1S/C16H29N3O5/c1-5-6-11(9-13(20)18-23)14(21)12-10-17-7-8-19(12)15(22)24-16(2,3)4/h11-12,17,23H,5-10H2,1-4H3,(H,18,20)/t11-,12-/m0/s1. The van der Waals surface area contributed by atoms with E-state index in [1.807, 2.05) is 6.92 Å². The van der Waals surface area contributed by atoms with Gasteiger partial charge < -0.3 is 10.1 Å². The Morgan fingerprint density at radius 3 is 2.58 bits per heavy atom. The van der Waals surface area contributed by atoms with Gasteiger partial charge in [0, 0.05) is 32.0 Å². The average molecular weight is 343 g/mol. The quantitative estimate of drug-likeness (QED) is 0.492. The van der Waals surface area contributed by atoms with Crippen LogP contribution in [0.15, 0.2) is 0 Å². The molecule has 1 aliphatic heterocycles. The van der Waals surface area contributed by atoms with Crippen LogP contribution in [-0.2, 0) is 14.3 Å². The van der Waals surface area contributed by atoms with Gasteiger partial charge in [-0.25, -0.2) is 10.3 Å². The number of hydrogen-bond donors (Lipinski definition) is 3. The zero-order valence-electron chi connectivity index (χ0n) is 14.9. The van der Waals surface area contributed by atoms with Crippen molar-refractivity contribution in [2.75, 3.05) is 19.6 Å². The first-order valence-electron chi connectivity index (χ1n) is 8.36. The summed E-state index contributed by atoms with van der Waals surface area (Å²) < 4.78 is 5.39. The summed E-state index contributed by atoms with van der Waals surface area (Å²) in [6.07, 6.45) is 0.623. The summed E-state index contributed by atoms with van der Waals surface area (Å²) in [5, 5.41) is 11.8. The fourth-order valence-electron chi connectivity index (χ4n) is 2.73. The molecule has 138 valence electrons. The first-order chi connectivity index (χ1) is 11.2. The average Bonchev–Trinajstić information content (AvgIpc) is 2.52. The smallest absolute Gasteiger partial charge is 0.410 e. The highest BCUT2D eigenvalue weighted by Crippen LogP contribution is 2.20. The molecule has 2 amide bonds. The zero-order valence-corrected chi connectivity index (χ0v) is 14.9. The lowest BCUT2D eigenvalue weighted by Gasteiger charge is -2.37. The van der Waals surface area contributed by atoms with Gasteiger partial charge in [-0.1, -0.05) is 13.3 Å². The van der Waals surface area contributed by atoms with Crippen LogP contribution in [0.5, 0.6) is 0 Å². The number of ether oxygens (including phenoxy) is 1. The predicted molar refractivity (Wildman–Crippen MR) is 87.5 cm³/mol. The van der Waals surface area contributed by atoms with Crippen LogP contribution in [-0.4, -0.2) is 59.2 Å². The van der Waals surface area contributed by atoms with Crippen molar-refractivity contribution >= 4 is 17.8 Å². The summed E-state index contributed by atoms with van der Waals surface area (Å²) in [6.45, 7) is 8.52. The summed E-state index contributed by atoms with van der Waals surface area (Å²) in [7, 11) is 0. The van der Waals surface area contributed by atoms with Crippen molar-refractivity contribution < 1.29 is 24.3 Å². The number of nitrogens with one attached hydrogen (secondary N) is 2. The third-order valence-electron chi connectivity index (χ3n) is 3.80. The van der Waals surface area contributed by atoms with Gasteiger partial charge in [0.1, 0.15) is 11.6 Å². The third kappa shape index (κ3) is 6.09. The number of hydrogen-bond acceptors (Lipinski definition) is 6. The summed E-state index contributed by atoms with van der Waals surface area (Å²) in [5.74, 6) is -1.33. The van der Waals surface area contributed by atoms with Gasteiger partial charge in [-0.15, -0.1) is 0 Å². The molecule has 0 bridgehead atoms. The van der Waals surface area contributed by atoms with Gasteiger partial charge in [0.15, 0.2) is 5.78 Å². The van der Waals surface area contributed by atoms with Gasteiger partial charge in [0.2, 0.25) is 5.91 Å². The number of carbonyl (C=O) groups excluding carboxylic acids is 3. The molecular weight excluding hydrogens is 314 g/mol. The molecule has 0 spiro atoms. The van der Waals surface area contributed by atoms with Crippen molar-refractivity contribution in [1.82, 2.24) is 15.7 Å². The molecule has 0 radical (unpaired) electrons. The lowest BCUT2D eigenvalue weighted by molar-refractivity contribution is -0.136. The Hall–Kier alpha value is -1.67. The molecular formula is C16H29N3O5. The van der Waals surface area contributed by atoms with E-state index in [1.165, 1.54) is 4.90 Å². The third-order valence-corrected chi connectivity index (χ3v) is 3.80. The van der Waals surface area contributed by atoms with E-state index in [0.717, 1.165) is 6.42 Å². The number of nitrogens with zero attached hydrogens (tertiary/aromatic N) is 1. The number of rotatable bonds is 6. The molecule has 1 aliphatic rings. The fraction of sp³-hybridized carbons (Fsp3) is 0.812. The van der Waals surface area contributed by atoms with Crippen LogP contribution in [0, 0.1) is 5.92 Å². The van der Waals surface area contributed by atoms with E-state index in [9.17, 15) is 14.4 Å². The van der Waals surface area contributed by atoms with E-state index in [-0.39, 0.29) is 12.2 Å². The Kier molecular flexibility index (Phi) is 7.62. The maximum atomic E-state index is 12.9. The SMILES string of the molecule is CCC[C@@H](CC(=O)NO)C(=O)[C@@H]1CNCCN1C(=O)OC(C)(C)C. The van der Waals surface area contributed by atoms with Crippen LogP contribution in [0.25, 0.3) is 0 Å². The topological polar surface area (TPSA) is 108 Å². The number of Topliss-reactive ketones (excluding diaryl/α,β-unsaturated/α-hetero) is 1. The first-order valence-corrected chi connectivity index (χ1v) is 8.36. The molecule has 0 saturated carbocycles. The van der Waals surface area contributed by atoms with Gasteiger partial charge >= 0.3 is 6.09 Å². The molecule has 3 N–H and O–H groups in total. The highest BCUT2D eigenvalue weighted by atomic mass is 16.6. The van der Waals surface area contributed by atoms with Gasteiger partial charge in [0.05, 0.1) is 0 Å². The predicted octanol–water partition coefficient (Wildman–Crippen LogP) is 1.08. The second kappa shape index (κ2) is 8.98. The van der Waals surface area contributed by atoms with E-state index in [0.29, 0.717) is 26.1 Å². The maximum absolute atomic E-state index is 12.9. The Morgan fingerprint density at radius 1 is 1.38 bits per heavy atom. The highest BCUT2D eigenvalue weighted by molar-refractivity contribution is 5.92. The highest BCUT2D eigenvalue weighted by Gasteiger charge is 2.38. The van der Waals surface area contributed by atoms with Crippen molar-refractivity contribution in [1.29, 1.82) is 0 Å². The summed E-state index contributed by atoms with van der Waals surface area (Å²) in [6, 6.07) is -0.670. The Balaban J connectivity index is 2.89. The molecule has 0 aromatic heterocycles. The van der Waals surface area contributed by atoms with Gasteiger partial charge in [0.25, 0.3) is 0 Å². The minimum atomic E-state index is -0.670. The largest absolute Gasteiger partial charge is 0.444 e. The Bertz CT molecular complexity index is 461. The van der Waals surface area contributed by atoms with Crippen LogP contribution in [0.4, 0.5) is 4.79 Å². The minimum Gasteiger partial charge on any atom is -0.444 e. The normalized spacial score (nSPS) is 19.5. The van der Waals surface area contributed by atoms with Crippen LogP contribution in [0.3, 0.4) is 0 Å². The number of hydroxylamine groups is 1. The lowest BCUT2D eigenvalue weighted by atomic mass is 9.89. The molecule has 1 saturated heterocycles. The van der Waals surface area contributed by atoms with E-state index in [4.69, 9.17) is 9.94 Å².